The molecule has 0 unspecified atom stereocenters. The van der Waals surface area contributed by atoms with Gasteiger partial charge in [-0.2, -0.15) is 4.17 Å². The number of unbranched alkanes of at least 4 members (excludes halogenated alkanes) is 36. The van der Waals surface area contributed by atoms with Crippen molar-refractivity contribution in [2.24, 2.45) is 0 Å². The minimum absolute atomic E-state index is 1.34. The van der Waals surface area contributed by atoms with Gasteiger partial charge in [-0.3, -0.25) is 0 Å². The van der Waals surface area contributed by atoms with Crippen molar-refractivity contribution in [2.45, 2.75) is 311 Å². The normalized spacial score (nSPS) is 13.4. The molecule has 0 aliphatic heterocycles. The molecular formula is C54H114F6NP3. The summed E-state index contributed by atoms with van der Waals surface area (Å²) in [5, 5.41) is 0. The van der Waals surface area contributed by atoms with Crippen LogP contribution in [0.2, 0.25) is 0 Å². The van der Waals surface area contributed by atoms with Gasteiger partial charge >= 0.3 is 33.0 Å². The van der Waals surface area contributed by atoms with Crippen LogP contribution >= 0.6 is 21.9 Å². The first-order valence-electron chi connectivity index (χ1n) is 28.6. The van der Waals surface area contributed by atoms with Gasteiger partial charge in [0.2, 0.25) is 14.1 Å². The van der Waals surface area contributed by atoms with Crippen LogP contribution in [-0.4, -0.2) is 37.0 Å². The first-order chi connectivity index (χ1) is 30.5. The van der Waals surface area contributed by atoms with Crippen molar-refractivity contribution >= 4 is 21.9 Å². The Hall–Kier alpha value is 0.580. The van der Waals surface area contributed by atoms with Crippen LogP contribution in [0.5, 0.6) is 0 Å². The molecule has 0 aromatic heterocycles. The summed E-state index contributed by atoms with van der Waals surface area (Å²) in [6.45, 7) is 14.2. The SMILES string of the molecule is CCCCCCCCCP(CCCCCCCCC)(CCCCCCCCC)=[N+]=P(CCCCCCCCC)(CCCCCCCCC)CCCCCCCCC.F[P-](F)(F)(F)(F)F. The molecular weight excluding hydrogens is 870 g/mol. The van der Waals surface area contributed by atoms with E-state index in [1.165, 1.54) is 307 Å². The Balaban J connectivity index is 0. The molecule has 0 bridgehead atoms. The fourth-order valence-electron chi connectivity index (χ4n) is 9.52. The average molecular weight is 984 g/mol. The summed E-state index contributed by atoms with van der Waals surface area (Å²) in [5.74, 6) is 0. The van der Waals surface area contributed by atoms with E-state index in [4.69, 9.17) is 4.17 Å². The van der Waals surface area contributed by atoms with Gasteiger partial charge in [0.05, 0.1) is 0 Å². The molecule has 10 heteroatoms. The Morgan fingerprint density at radius 1 is 0.219 bits per heavy atom. The number of halogens is 6. The van der Waals surface area contributed by atoms with Crippen LogP contribution in [0, 0.1) is 0 Å². The van der Waals surface area contributed by atoms with Crippen molar-refractivity contribution < 1.29 is 25.2 Å². The maximum atomic E-state index is 9.87. The predicted octanol–water partition coefficient (Wildman–Crippen LogP) is 24.3. The molecule has 0 saturated heterocycles. The van der Waals surface area contributed by atoms with Crippen molar-refractivity contribution in [1.29, 1.82) is 0 Å². The van der Waals surface area contributed by atoms with Gasteiger partial charge in [-0.1, -0.05) is 273 Å². The van der Waals surface area contributed by atoms with E-state index in [1.54, 1.807) is 0 Å². The van der Waals surface area contributed by atoms with Gasteiger partial charge in [0, 0.05) is 37.0 Å². The molecule has 0 saturated carbocycles. The molecule has 0 N–H and O–H groups in total. The van der Waals surface area contributed by atoms with E-state index in [2.05, 4.69) is 41.5 Å². The summed E-state index contributed by atoms with van der Waals surface area (Å²) in [4.78, 5) is 0. The van der Waals surface area contributed by atoms with Gasteiger partial charge < -0.3 is 0 Å². The van der Waals surface area contributed by atoms with E-state index < -0.39 is 21.9 Å². The Bertz CT molecular complexity index is 923. The van der Waals surface area contributed by atoms with Gasteiger partial charge in [-0.05, 0) is 38.5 Å². The summed E-state index contributed by atoms with van der Waals surface area (Å²) < 4.78 is 66.0. The molecule has 0 aliphatic carbocycles. The molecule has 0 spiro atoms. The molecule has 0 rings (SSSR count). The Kier molecular flexibility index (Phi) is 44.2. The summed E-state index contributed by atoms with van der Waals surface area (Å²) in [5.41, 5.74) is 0. The molecule has 1 nitrogen and oxygen atoms in total. The molecule has 0 amide bonds. The maximum absolute atomic E-state index is 10.7. The summed E-state index contributed by atoms with van der Waals surface area (Å²) >= 11 is 0. The summed E-state index contributed by atoms with van der Waals surface area (Å²) in [6, 6.07) is 0. The van der Waals surface area contributed by atoms with E-state index in [-0.39, 0.29) is 0 Å². The summed E-state index contributed by atoms with van der Waals surface area (Å²) in [6.07, 6.45) is 70.2. The van der Waals surface area contributed by atoms with Crippen LogP contribution in [0.4, 0.5) is 25.2 Å². The van der Waals surface area contributed by atoms with Crippen LogP contribution in [0.3, 0.4) is 0 Å². The minimum atomic E-state index is -10.7. The predicted molar refractivity (Wildman–Crippen MR) is 287 cm³/mol. The zero-order chi connectivity index (χ0) is 48.1. The van der Waals surface area contributed by atoms with E-state index in [0.717, 1.165) is 0 Å². The first kappa shape index (κ1) is 66.7. The van der Waals surface area contributed by atoms with Crippen molar-refractivity contribution in [3.05, 3.63) is 0 Å². The van der Waals surface area contributed by atoms with Crippen molar-refractivity contribution in [1.82, 2.24) is 4.17 Å². The van der Waals surface area contributed by atoms with Gasteiger partial charge in [0.1, 0.15) is 0 Å². The first-order valence-corrected chi connectivity index (χ1v) is 35.2. The van der Waals surface area contributed by atoms with E-state index in [9.17, 15) is 25.2 Å². The van der Waals surface area contributed by atoms with Gasteiger partial charge in [0.25, 0.3) is 0 Å². The number of hydrogen-bond acceptors (Lipinski definition) is 0. The topological polar surface area (TPSA) is 14.1 Å². The molecule has 392 valence electrons. The van der Waals surface area contributed by atoms with Crippen LogP contribution in [-0.2, 0) is 0 Å². The molecule has 0 aromatic rings. The standard InChI is InChI=1S/C54H114NP2.F6P/c1-7-13-19-25-31-37-43-49-56(50-44-38-32-26-20-14-8-2,51-45-39-33-27-21-15-9-3)55-57(52-46-40-34-28-22-16-10-4,53-47-41-35-29-23-17-11-5)54-48-42-36-30-24-18-12-6;1-7(2,3,4,5)6/h7-54H2,1-6H3;/q+1;-1. The Labute approximate surface area is 397 Å². The second-order valence-corrected chi connectivity index (χ2v) is 30.0. The molecule has 64 heavy (non-hydrogen) atoms. The fourth-order valence-corrected chi connectivity index (χ4v) is 21.1. The molecule has 0 radical (unpaired) electrons. The van der Waals surface area contributed by atoms with Gasteiger partial charge in [0.15, 0.2) is 0 Å². The van der Waals surface area contributed by atoms with Crippen molar-refractivity contribution in [2.75, 3.05) is 37.0 Å². The van der Waals surface area contributed by atoms with Crippen LogP contribution in [0.25, 0.3) is 0 Å². The van der Waals surface area contributed by atoms with E-state index in [0.29, 0.717) is 0 Å². The quantitative estimate of drug-likeness (QED) is 0.0250. The molecule has 0 heterocycles. The van der Waals surface area contributed by atoms with Crippen LogP contribution in [0.15, 0.2) is 0 Å². The van der Waals surface area contributed by atoms with Gasteiger partial charge in [-0.25, -0.2) is 0 Å². The zero-order valence-corrected chi connectivity index (χ0v) is 46.7. The molecule has 0 atom stereocenters. The van der Waals surface area contributed by atoms with Crippen LogP contribution in [0.1, 0.15) is 311 Å². The second kappa shape index (κ2) is 42.5. The van der Waals surface area contributed by atoms with Crippen LogP contribution < -0.4 is 4.17 Å². The molecule has 0 fully saturated rings. The monoisotopic (exact) mass is 984 g/mol. The summed E-state index contributed by atoms with van der Waals surface area (Å²) in [7, 11) is -13.3. The zero-order valence-electron chi connectivity index (χ0n) is 44.0. The Morgan fingerprint density at radius 3 is 0.453 bits per heavy atom. The second-order valence-electron chi connectivity index (χ2n) is 20.3. The van der Waals surface area contributed by atoms with Crippen molar-refractivity contribution in [3.8, 4) is 0 Å². The van der Waals surface area contributed by atoms with Gasteiger partial charge in [-0.15, -0.1) is 0 Å². The van der Waals surface area contributed by atoms with E-state index >= 15 is 0 Å². The average Bonchev–Trinajstić information content (AvgIpc) is 3.23. The Morgan fingerprint density at radius 2 is 0.328 bits per heavy atom. The van der Waals surface area contributed by atoms with E-state index in [1.807, 2.05) is 0 Å². The fraction of sp³-hybridized carbons (Fsp3) is 1.00. The third-order valence-corrected chi connectivity index (χ3v) is 23.4. The third-order valence-electron chi connectivity index (χ3n) is 13.4. The number of hydrogen-bond donors (Lipinski definition) is 0. The molecule has 0 aliphatic rings. The third kappa shape index (κ3) is 53.5. The number of nitrogens with zero attached hydrogens (tertiary/aromatic N) is 1. The van der Waals surface area contributed by atoms with Crippen molar-refractivity contribution in [3.63, 3.8) is 0 Å². The number of rotatable bonds is 48. The molecule has 0 aromatic carbocycles.